The fourth-order valence-corrected chi connectivity index (χ4v) is 3.94. The molecule has 3 N–H and O–H groups in total. The first-order valence-electron chi connectivity index (χ1n) is 10.3. The van der Waals surface area contributed by atoms with Gasteiger partial charge in [0.05, 0.1) is 0 Å². The first kappa shape index (κ1) is 20.1. The normalized spacial score (nSPS) is 19.7. The molecule has 0 aromatic heterocycles. The standard InChI is InChI=1S/C23H26N4O3/c24-22(28)18-9-11-27(12-10-18)15-16-5-4-8-19(13-16)25-23(29)20-14-21(30-26-20)17-6-2-1-3-7-17/h1-8,13,18,21H,9-12,14-15H2,(H2,24,28)(H,25,29). The molecule has 156 valence electrons. The number of amides is 2. The fraction of sp³-hybridized carbons (Fsp3) is 0.348. The molecule has 2 heterocycles. The predicted molar refractivity (Wildman–Crippen MR) is 115 cm³/mol. The highest BCUT2D eigenvalue weighted by molar-refractivity contribution is 6.43. The Bertz CT molecular complexity index is 936. The van der Waals surface area contributed by atoms with Gasteiger partial charge in [0.15, 0.2) is 6.10 Å². The van der Waals surface area contributed by atoms with Crippen LogP contribution in [0.4, 0.5) is 5.69 Å². The zero-order valence-corrected chi connectivity index (χ0v) is 16.8. The molecule has 30 heavy (non-hydrogen) atoms. The van der Waals surface area contributed by atoms with Crippen LogP contribution in [0.2, 0.25) is 0 Å². The summed E-state index contributed by atoms with van der Waals surface area (Å²) in [6.45, 7) is 2.47. The monoisotopic (exact) mass is 406 g/mol. The molecule has 2 aliphatic rings. The molecule has 0 aliphatic carbocycles. The maximum atomic E-state index is 12.6. The Kier molecular flexibility index (Phi) is 6.09. The zero-order chi connectivity index (χ0) is 20.9. The number of carbonyl (C=O) groups excluding carboxylic acids is 2. The number of rotatable bonds is 6. The van der Waals surface area contributed by atoms with E-state index in [0.717, 1.165) is 49.3 Å². The van der Waals surface area contributed by atoms with Crippen molar-refractivity contribution < 1.29 is 14.4 Å². The van der Waals surface area contributed by atoms with Crippen molar-refractivity contribution in [1.29, 1.82) is 0 Å². The Balaban J connectivity index is 1.31. The average molecular weight is 406 g/mol. The van der Waals surface area contributed by atoms with E-state index in [0.29, 0.717) is 12.1 Å². The highest BCUT2D eigenvalue weighted by Crippen LogP contribution is 2.27. The van der Waals surface area contributed by atoms with E-state index in [-0.39, 0.29) is 23.8 Å². The average Bonchev–Trinajstić information content (AvgIpc) is 3.26. The van der Waals surface area contributed by atoms with Crippen molar-refractivity contribution in [3.8, 4) is 0 Å². The van der Waals surface area contributed by atoms with E-state index in [4.69, 9.17) is 10.6 Å². The van der Waals surface area contributed by atoms with Crippen LogP contribution in [0, 0.1) is 5.92 Å². The molecule has 2 aromatic carbocycles. The second-order valence-corrected chi connectivity index (χ2v) is 7.85. The van der Waals surface area contributed by atoms with Crippen LogP contribution in [0.3, 0.4) is 0 Å². The van der Waals surface area contributed by atoms with Crippen molar-refractivity contribution in [3.63, 3.8) is 0 Å². The summed E-state index contributed by atoms with van der Waals surface area (Å²) in [6.07, 6.45) is 1.83. The van der Waals surface area contributed by atoms with Crippen LogP contribution >= 0.6 is 0 Å². The van der Waals surface area contributed by atoms with Gasteiger partial charge in [-0.3, -0.25) is 14.5 Å². The molecular weight excluding hydrogens is 380 g/mol. The van der Waals surface area contributed by atoms with Crippen LogP contribution in [-0.2, 0) is 21.0 Å². The molecule has 2 aromatic rings. The largest absolute Gasteiger partial charge is 0.387 e. The third kappa shape index (κ3) is 4.86. The van der Waals surface area contributed by atoms with Crippen LogP contribution in [-0.4, -0.2) is 35.5 Å². The van der Waals surface area contributed by atoms with E-state index in [1.54, 1.807) is 0 Å². The molecule has 2 amide bonds. The quantitative estimate of drug-likeness (QED) is 0.771. The molecule has 0 radical (unpaired) electrons. The third-order valence-corrected chi connectivity index (χ3v) is 5.68. The molecule has 0 spiro atoms. The van der Waals surface area contributed by atoms with Gasteiger partial charge in [-0.1, -0.05) is 47.6 Å². The van der Waals surface area contributed by atoms with Gasteiger partial charge >= 0.3 is 0 Å². The Morgan fingerprint density at radius 3 is 2.60 bits per heavy atom. The smallest absolute Gasteiger partial charge is 0.273 e. The number of nitrogens with two attached hydrogens (primary N) is 1. The van der Waals surface area contributed by atoms with Crippen molar-refractivity contribution in [2.45, 2.75) is 31.9 Å². The van der Waals surface area contributed by atoms with Gasteiger partial charge in [0.25, 0.3) is 5.91 Å². The topological polar surface area (TPSA) is 97.0 Å². The number of nitrogens with one attached hydrogen (secondary N) is 1. The van der Waals surface area contributed by atoms with Crippen molar-refractivity contribution in [3.05, 3.63) is 65.7 Å². The Morgan fingerprint density at radius 1 is 1.10 bits per heavy atom. The van der Waals surface area contributed by atoms with Gasteiger partial charge in [0, 0.05) is 24.6 Å². The number of carbonyl (C=O) groups is 2. The molecule has 1 unspecified atom stereocenters. The van der Waals surface area contributed by atoms with E-state index in [2.05, 4.69) is 15.4 Å². The molecular formula is C23H26N4O3. The van der Waals surface area contributed by atoms with Crippen molar-refractivity contribution in [2.24, 2.45) is 16.8 Å². The van der Waals surface area contributed by atoms with E-state index >= 15 is 0 Å². The third-order valence-electron chi connectivity index (χ3n) is 5.68. The van der Waals surface area contributed by atoms with E-state index in [9.17, 15) is 9.59 Å². The second-order valence-electron chi connectivity index (χ2n) is 7.85. The van der Waals surface area contributed by atoms with E-state index < -0.39 is 0 Å². The highest BCUT2D eigenvalue weighted by atomic mass is 16.6. The molecule has 4 rings (SSSR count). The van der Waals surface area contributed by atoms with Gasteiger partial charge in [0.2, 0.25) is 5.91 Å². The van der Waals surface area contributed by atoms with Crippen LogP contribution < -0.4 is 11.1 Å². The lowest BCUT2D eigenvalue weighted by Crippen LogP contribution is -2.38. The minimum Gasteiger partial charge on any atom is -0.387 e. The summed E-state index contributed by atoms with van der Waals surface area (Å²) < 4.78 is 0. The number of benzene rings is 2. The molecule has 7 nitrogen and oxygen atoms in total. The highest BCUT2D eigenvalue weighted by Gasteiger charge is 2.27. The van der Waals surface area contributed by atoms with Gasteiger partial charge in [-0.2, -0.15) is 0 Å². The van der Waals surface area contributed by atoms with Gasteiger partial charge in [0.1, 0.15) is 5.71 Å². The lowest BCUT2D eigenvalue weighted by molar-refractivity contribution is -0.123. The number of hydrogen-bond acceptors (Lipinski definition) is 5. The maximum absolute atomic E-state index is 12.6. The molecule has 0 bridgehead atoms. The summed E-state index contributed by atoms with van der Waals surface area (Å²) in [5, 5.41) is 6.91. The number of anilines is 1. The van der Waals surface area contributed by atoms with Crippen LogP contribution in [0.15, 0.2) is 59.8 Å². The minimum atomic E-state index is -0.243. The SMILES string of the molecule is NC(=O)C1CCN(Cc2cccc(NC(=O)C3=NOC(c4ccccc4)C3)c2)CC1. The summed E-state index contributed by atoms with van der Waals surface area (Å²) in [4.78, 5) is 31.7. The summed E-state index contributed by atoms with van der Waals surface area (Å²) in [7, 11) is 0. The number of nitrogens with zero attached hydrogens (tertiary/aromatic N) is 2. The first-order chi connectivity index (χ1) is 14.6. The Morgan fingerprint density at radius 2 is 1.87 bits per heavy atom. The van der Waals surface area contributed by atoms with Gasteiger partial charge in [-0.05, 0) is 49.2 Å². The van der Waals surface area contributed by atoms with E-state index in [1.165, 1.54) is 0 Å². The number of primary amides is 1. The summed E-state index contributed by atoms with van der Waals surface area (Å²) in [5.74, 6) is -0.457. The molecule has 1 fully saturated rings. The summed E-state index contributed by atoms with van der Waals surface area (Å²) >= 11 is 0. The number of hydrogen-bond donors (Lipinski definition) is 2. The Labute approximate surface area is 175 Å². The van der Waals surface area contributed by atoms with Crippen LogP contribution in [0.1, 0.15) is 36.5 Å². The summed E-state index contributed by atoms with van der Waals surface area (Å²) in [5.41, 5.74) is 8.65. The number of piperidine rings is 1. The number of likely N-dealkylation sites (tertiary alicyclic amines) is 1. The zero-order valence-electron chi connectivity index (χ0n) is 16.8. The molecule has 2 aliphatic heterocycles. The predicted octanol–water partition coefficient (Wildman–Crippen LogP) is 2.84. The van der Waals surface area contributed by atoms with Crippen molar-refractivity contribution >= 4 is 23.2 Å². The molecule has 1 atom stereocenters. The number of oxime groups is 1. The van der Waals surface area contributed by atoms with Crippen molar-refractivity contribution in [1.82, 2.24) is 4.90 Å². The fourth-order valence-electron chi connectivity index (χ4n) is 3.94. The lowest BCUT2D eigenvalue weighted by Gasteiger charge is -2.30. The second kappa shape index (κ2) is 9.09. The maximum Gasteiger partial charge on any atom is 0.273 e. The molecule has 0 saturated carbocycles. The Hall–Kier alpha value is -3.19. The first-order valence-corrected chi connectivity index (χ1v) is 10.3. The lowest BCUT2D eigenvalue weighted by atomic mass is 9.96. The van der Waals surface area contributed by atoms with Crippen molar-refractivity contribution in [2.75, 3.05) is 18.4 Å². The van der Waals surface area contributed by atoms with E-state index in [1.807, 2.05) is 54.6 Å². The van der Waals surface area contributed by atoms with Gasteiger partial charge in [-0.25, -0.2) is 0 Å². The van der Waals surface area contributed by atoms with Crippen LogP contribution in [0.25, 0.3) is 0 Å². The molecule has 1 saturated heterocycles. The minimum absolute atomic E-state index is 0.0130. The van der Waals surface area contributed by atoms with Gasteiger partial charge in [-0.15, -0.1) is 0 Å². The molecule has 7 heteroatoms. The van der Waals surface area contributed by atoms with Crippen LogP contribution in [0.5, 0.6) is 0 Å². The van der Waals surface area contributed by atoms with Gasteiger partial charge < -0.3 is 15.9 Å². The summed E-state index contributed by atoms with van der Waals surface area (Å²) in [6, 6.07) is 17.6.